The molecule has 0 saturated carbocycles. The van der Waals surface area contributed by atoms with Gasteiger partial charge in [0.25, 0.3) is 11.1 Å². The quantitative estimate of drug-likeness (QED) is 0.495. The van der Waals surface area contributed by atoms with Crippen molar-refractivity contribution < 1.29 is 9.13 Å². The second-order valence-electron chi connectivity index (χ2n) is 9.55. The van der Waals surface area contributed by atoms with Crippen molar-refractivity contribution in [2.75, 3.05) is 19.8 Å². The third-order valence-electron chi connectivity index (χ3n) is 5.83. The number of rotatable bonds is 6. The van der Waals surface area contributed by atoms with Crippen molar-refractivity contribution in [3.8, 4) is 0 Å². The highest BCUT2D eigenvalue weighted by Crippen LogP contribution is 2.27. The highest BCUT2D eigenvalue weighted by atomic mass is 19.1. The minimum absolute atomic E-state index is 0.0508. The van der Waals surface area contributed by atoms with Gasteiger partial charge in [0.2, 0.25) is 0 Å². The monoisotopic (exact) mass is 481 g/mol. The van der Waals surface area contributed by atoms with Gasteiger partial charge in [0.15, 0.2) is 0 Å². The molecule has 1 aliphatic rings. The van der Waals surface area contributed by atoms with E-state index in [1.165, 1.54) is 18.2 Å². The summed E-state index contributed by atoms with van der Waals surface area (Å²) in [6, 6.07) is 5.80. The Morgan fingerprint density at radius 1 is 1.14 bits per heavy atom. The van der Waals surface area contributed by atoms with Crippen LogP contribution in [0.4, 0.5) is 4.39 Å². The van der Waals surface area contributed by atoms with Gasteiger partial charge in [-0.05, 0) is 41.7 Å². The van der Waals surface area contributed by atoms with Gasteiger partial charge in [-0.25, -0.2) is 9.37 Å². The molecule has 1 atom stereocenters. The topological polar surface area (TPSA) is 105 Å². The first kappa shape index (κ1) is 24.8. The van der Waals surface area contributed by atoms with Gasteiger partial charge in [-0.2, -0.15) is 0 Å². The Kier molecular flexibility index (Phi) is 7.47. The van der Waals surface area contributed by atoms with Crippen molar-refractivity contribution in [3.05, 3.63) is 84.3 Å². The molecule has 3 aromatic rings. The van der Waals surface area contributed by atoms with Gasteiger partial charge in [0.05, 0.1) is 18.9 Å². The molecule has 0 aliphatic carbocycles. The summed E-state index contributed by atoms with van der Waals surface area (Å²) in [5.74, 6) is 0.987. The van der Waals surface area contributed by atoms with Crippen LogP contribution in [0.25, 0.3) is 12.2 Å². The van der Waals surface area contributed by atoms with Gasteiger partial charge in [0.1, 0.15) is 28.5 Å². The maximum atomic E-state index is 13.5. The molecule has 35 heavy (non-hydrogen) atoms. The second-order valence-corrected chi connectivity index (χ2v) is 9.55. The van der Waals surface area contributed by atoms with Crippen LogP contribution in [-0.2, 0) is 11.2 Å². The lowest BCUT2D eigenvalue weighted by Crippen LogP contribution is -2.46. The van der Waals surface area contributed by atoms with Crippen LogP contribution in [0.15, 0.2) is 33.9 Å². The lowest BCUT2D eigenvalue weighted by atomic mass is 10.1. The average molecular weight is 482 g/mol. The van der Waals surface area contributed by atoms with Crippen molar-refractivity contribution in [2.24, 2.45) is 5.92 Å². The molecule has 1 aliphatic heterocycles. The number of nitrogens with one attached hydrogen (secondary N) is 3. The molecule has 3 heterocycles. The van der Waals surface area contributed by atoms with Crippen molar-refractivity contribution in [1.29, 1.82) is 0 Å². The van der Waals surface area contributed by atoms with Gasteiger partial charge in [-0.1, -0.05) is 39.8 Å². The number of halogens is 1. The fourth-order valence-electron chi connectivity index (χ4n) is 4.36. The maximum absolute atomic E-state index is 13.5. The number of benzene rings is 1. The summed E-state index contributed by atoms with van der Waals surface area (Å²) in [6.45, 7) is 10.4. The number of morpholine rings is 1. The highest BCUT2D eigenvalue weighted by Gasteiger charge is 2.26. The summed E-state index contributed by atoms with van der Waals surface area (Å²) in [5.41, 5.74) is 1.16. The van der Waals surface area contributed by atoms with E-state index < -0.39 is 16.9 Å². The van der Waals surface area contributed by atoms with Crippen molar-refractivity contribution in [1.82, 2.24) is 24.8 Å². The Balaban J connectivity index is 1.86. The molecule has 8 nitrogen and oxygen atoms in total. The van der Waals surface area contributed by atoms with Crippen LogP contribution in [-0.4, -0.2) is 39.3 Å². The fourth-order valence-corrected chi connectivity index (χ4v) is 4.36. The van der Waals surface area contributed by atoms with E-state index in [2.05, 4.69) is 47.5 Å². The van der Waals surface area contributed by atoms with E-state index in [1.807, 2.05) is 0 Å². The van der Waals surface area contributed by atoms with Gasteiger partial charge in [0, 0.05) is 18.7 Å². The molecule has 0 bridgehead atoms. The standard InChI is InChI=1S/C26H32FN5O3/c1-15(2)10-22-29-19(24(16(3)4)32(22)23-14-35-9-8-28-23)13-21-26(34)30-20(25(33)31-21)12-17-6-5-7-18(27)11-17/h5-7,11-13,15-16,23,28H,8-10,14H2,1-4H3,(H,30,34)(H,31,33)/b20-12-,21-13-. The fraction of sp³-hybridized carbons (Fsp3) is 0.423. The van der Waals surface area contributed by atoms with E-state index in [1.54, 1.807) is 18.2 Å². The van der Waals surface area contributed by atoms with Crippen molar-refractivity contribution in [3.63, 3.8) is 0 Å². The number of ether oxygens (including phenoxy) is 1. The molecule has 4 rings (SSSR count). The molecule has 1 unspecified atom stereocenters. The Labute approximate surface area is 202 Å². The van der Waals surface area contributed by atoms with Crippen LogP contribution in [0, 0.1) is 11.7 Å². The summed E-state index contributed by atoms with van der Waals surface area (Å²) in [7, 11) is 0. The first-order chi connectivity index (χ1) is 16.7. The van der Waals surface area contributed by atoms with E-state index in [0.717, 1.165) is 24.5 Å². The van der Waals surface area contributed by atoms with E-state index in [9.17, 15) is 14.0 Å². The van der Waals surface area contributed by atoms with E-state index >= 15 is 0 Å². The smallest absolute Gasteiger partial charge is 0.272 e. The molecule has 0 amide bonds. The zero-order valence-corrected chi connectivity index (χ0v) is 20.5. The maximum Gasteiger partial charge on any atom is 0.272 e. The van der Waals surface area contributed by atoms with Crippen molar-refractivity contribution >= 4 is 12.2 Å². The predicted octanol–water partition coefficient (Wildman–Crippen LogP) is 1.50. The summed E-state index contributed by atoms with van der Waals surface area (Å²) >= 11 is 0. The van der Waals surface area contributed by atoms with Crippen LogP contribution >= 0.6 is 0 Å². The zero-order valence-electron chi connectivity index (χ0n) is 20.5. The number of hydrogen-bond acceptors (Lipinski definition) is 5. The molecule has 9 heteroatoms. The Bertz CT molecular complexity index is 1430. The zero-order chi connectivity index (χ0) is 25.1. The number of hydrogen-bond donors (Lipinski definition) is 3. The third kappa shape index (κ3) is 5.68. The lowest BCUT2D eigenvalue weighted by molar-refractivity contribution is 0.0507. The molecule has 0 radical (unpaired) electrons. The van der Waals surface area contributed by atoms with Crippen LogP contribution < -0.4 is 27.1 Å². The van der Waals surface area contributed by atoms with Crippen LogP contribution in [0.5, 0.6) is 0 Å². The van der Waals surface area contributed by atoms with Crippen molar-refractivity contribution in [2.45, 2.75) is 46.2 Å². The first-order valence-corrected chi connectivity index (χ1v) is 12.0. The highest BCUT2D eigenvalue weighted by molar-refractivity contribution is 5.50. The predicted molar refractivity (Wildman–Crippen MR) is 133 cm³/mol. The molecular formula is C26H32FN5O3. The molecular weight excluding hydrogens is 449 g/mol. The number of imidazole rings is 1. The lowest BCUT2D eigenvalue weighted by Gasteiger charge is -2.29. The number of aromatic amines is 2. The number of nitrogens with zero attached hydrogens (tertiary/aromatic N) is 2. The molecule has 1 fully saturated rings. The number of H-pyrrole nitrogens is 2. The molecule has 3 N–H and O–H groups in total. The largest absolute Gasteiger partial charge is 0.377 e. The minimum Gasteiger partial charge on any atom is -0.377 e. The molecule has 1 aromatic carbocycles. The summed E-state index contributed by atoms with van der Waals surface area (Å²) < 4.78 is 21.4. The van der Waals surface area contributed by atoms with E-state index in [0.29, 0.717) is 30.4 Å². The molecule has 2 aromatic heterocycles. The Morgan fingerprint density at radius 2 is 1.86 bits per heavy atom. The molecule has 186 valence electrons. The molecule has 0 spiro atoms. The minimum atomic E-state index is -0.476. The van der Waals surface area contributed by atoms with Crippen LogP contribution in [0.3, 0.4) is 0 Å². The molecule has 1 saturated heterocycles. The summed E-state index contributed by atoms with van der Waals surface area (Å²) in [4.78, 5) is 35.8. The van der Waals surface area contributed by atoms with E-state index in [-0.39, 0.29) is 22.8 Å². The van der Waals surface area contributed by atoms with Gasteiger partial charge < -0.3 is 19.3 Å². The summed E-state index contributed by atoms with van der Waals surface area (Å²) in [5, 5.41) is 3.67. The Morgan fingerprint density at radius 3 is 2.46 bits per heavy atom. The van der Waals surface area contributed by atoms with Gasteiger partial charge in [-0.3, -0.25) is 14.9 Å². The van der Waals surface area contributed by atoms with Crippen LogP contribution in [0.1, 0.15) is 62.6 Å². The number of aromatic nitrogens is 4. The Hall–Kier alpha value is -3.30. The normalized spacial score (nSPS) is 17.6. The van der Waals surface area contributed by atoms with E-state index in [4.69, 9.17) is 9.72 Å². The summed E-state index contributed by atoms with van der Waals surface area (Å²) in [6.07, 6.45) is 3.79. The second kappa shape index (κ2) is 10.5. The van der Waals surface area contributed by atoms with Gasteiger partial charge in [-0.15, -0.1) is 0 Å². The van der Waals surface area contributed by atoms with Crippen LogP contribution in [0.2, 0.25) is 0 Å². The first-order valence-electron chi connectivity index (χ1n) is 12.0. The third-order valence-corrected chi connectivity index (χ3v) is 5.83. The van der Waals surface area contributed by atoms with Gasteiger partial charge >= 0.3 is 0 Å². The SMILES string of the molecule is CC(C)Cc1nc(/C=c2\[nH]c(=O)/c(=C/c3cccc(F)c3)[nH]c2=O)c(C(C)C)n1C1COCCN1. The average Bonchev–Trinajstić information content (AvgIpc) is 3.15.